The average molecular weight is 170 g/mol. The van der Waals surface area contributed by atoms with E-state index in [0.717, 1.165) is 0 Å². The molecule has 0 aromatic carbocycles. The number of carbonyl (C=O) groups is 2. The number of aliphatic carboxylic acids is 2. The summed E-state index contributed by atoms with van der Waals surface area (Å²) in [6, 6.07) is 0. The molecule has 0 heterocycles. The van der Waals surface area contributed by atoms with E-state index < -0.39 is 11.9 Å². The minimum absolute atomic E-state index is 0.296. The first-order valence-electron chi connectivity index (χ1n) is 3.48. The molecule has 0 radical (unpaired) electrons. The van der Waals surface area contributed by atoms with Crippen LogP contribution in [0.5, 0.6) is 0 Å². The minimum atomic E-state index is -1.08. The van der Waals surface area contributed by atoms with Crippen molar-refractivity contribution in [2.45, 2.75) is 23.4 Å². The van der Waals surface area contributed by atoms with Crippen LogP contribution in [0.1, 0.15) is 19.8 Å². The quantitative estimate of drug-likeness (QED) is 0.606. The molecule has 0 fully saturated rings. The number of carboxylic acids is 2. The smallest absolute Gasteiger partial charge is 0.303 e. The summed E-state index contributed by atoms with van der Waals surface area (Å²) in [7, 11) is 0. The standard InChI is InChI=1S/C4H6O4.C2H5.Na/c5-3(6)1-2-4(7)8;1-2;/h1-2H2,(H,5,6)(H,7,8);1H2,2H3;. The summed E-state index contributed by atoms with van der Waals surface area (Å²) in [5, 5.41) is 15.8. The van der Waals surface area contributed by atoms with Crippen LogP contribution in [0.2, 0.25) is 3.67 Å². The van der Waals surface area contributed by atoms with Crippen LogP contribution in [-0.2, 0) is 9.59 Å². The molecule has 0 aromatic heterocycles. The van der Waals surface area contributed by atoms with Crippen molar-refractivity contribution in [3.8, 4) is 0 Å². The number of rotatable bonds is 3. The monoisotopic (exact) mass is 170 g/mol. The fourth-order valence-electron chi connectivity index (χ4n) is 0.214. The SMILES string of the molecule is C[CH2][Na].O=C(O)CCC(=O)O. The summed E-state index contributed by atoms with van der Waals surface area (Å²) in [5.41, 5.74) is 0. The van der Waals surface area contributed by atoms with E-state index in [-0.39, 0.29) is 12.8 Å². The van der Waals surface area contributed by atoms with Crippen LogP contribution in [-0.4, -0.2) is 50.1 Å². The first kappa shape index (κ1) is 13.5. The van der Waals surface area contributed by atoms with Crippen LogP contribution in [0.4, 0.5) is 0 Å². The average Bonchev–Trinajstić information content (AvgIpc) is 1.85. The Hall–Kier alpha value is -0.0600. The van der Waals surface area contributed by atoms with Crippen molar-refractivity contribution < 1.29 is 19.8 Å². The van der Waals surface area contributed by atoms with Crippen LogP contribution < -0.4 is 0 Å². The van der Waals surface area contributed by atoms with Gasteiger partial charge in [0.25, 0.3) is 0 Å². The summed E-state index contributed by atoms with van der Waals surface area (Å²) >= 11 is 1.37. The molecule has 0 unspecified atom stereocenters. The molecular weight excluding hydrogens is 159 g/mol. The first-order chi connectivity index (χ1) is 5.04. The zero-order valence-electron chi connectivity index (χ0n) is 6.83. The van der Waals surface area contributed by atoms with Crippen LogP contribution in [0, 0.1) is 0 Å². The van der Waals surface area contributed by atoms with Crippen molar-refractivity contribution in [2.75, 3.05) is 0 Å². The Bertz CT molecular complexity index is 110. The molecule has 0 aromatic rings. The number of hydrogen-bond acceptors (Lipinski definition) is 2. The summed E-state index contributed by atoms with van der Waals surface area (Å²) in [6.45, 7) is 2.19. The van der Waals surface area contributed by atoms with Gasteiger partial charge < -0.3 is 10.2 Å². The molecule has 0 atom stereocenters. The fourth-order valence-corrected chi connectivity index (χ4v) is 0.214. The Morgan fingerprint density at radius 3 is 1.45 bits per heavy atom. The fraction of sp³-hybridized carbons (Fsp3) is 0.667. The van der Waals surface area contributed by atoms with E-state index in [0.29, 0.717) is 0 Å². The molecule has 0 bridgehead atoms. The summed E-state index contributed by atoms with van der Waals surface area (Å²) in [4.78, 5) is 19.3. The molecule has 0 aliphatic carbocycles. The first-order valence-corrected chi connectivity index (χ1v) is 4.89. The third-order valence-corrected chi connectivity index (χ3v) is 0.553. The Morgan fingerprint density at radius 1 is 1.18 bits per heavy atom. The van der Waals surface area contributed by atoms with E-state index >= 15 is 0 Å². The van der Waals surface area contributed by atoms with Crippen molar-refractivity contribution >= 4 is 39.9 Å². The molecular formula is C6H11NaO4. The van der Waals surface area contributed by atoms with Crippen LogP contribution >= 0.6 is 0 Å². The van der Waals surface area contributed by atoms with Gasteiger partial charge >= 0.3 is 50.5 Å². The van der Waals surface area contributed by atoms with Crippen LogP contribution in [0.15, 0.2) is 0 Å². The van der Waals surface area contributed by atoms with Gasteiger partial charge in [-0.2, -0.15) is 0 Å². The zero-order chi connectivity index (χ0) is 9.28. The van der Waals surface area contributed by atoms with Crippen molar-refractivity contribution in [3.63, 3.8) is 0 Å². The maximum Gasteiger partial charge on any atom is 0.303 e. The number of carboxylic acid groups (broad SMARTS) is 2. The molecule has 0 saturated heterocycles. The largest absolute Gasteiger partial charge is 0.481 e. The third kappa shape index (κ3) is 25.7. The van der Waals surface area contributed by atoms with Gasteiger partial charge in [0.2, 0.25) is 0 Å². The molecule has 4 nitrogen and oxygen atoms in total. The molecule has 0 amide bonds. The topological polar surface area (TPSA) is 74.6 Å². The molecule has 0 aliphatic rings. The summed E-state index contributed by atoms with van der Waals surface area (Å²) in [5.74, 6) is -2.15. The Labute approximate surface area is 83.0 Å². The normalized spacial score (nSPS) is 7.91. The zero-order valence-corrected chi connectivity index (χ0v) is 8.83. The molecule has 60 valence electrons. The van der Waals surface area contributed by atoms with E-state index in [1.165, 1.54) is 31.6 Å². The van der Waals surface area contributed by atoms with Gasteiger partial charge in [-0.15, -0.1) is 0 Å². The van der Waals surface area contributed by atoms with Crippen molar-refractivity contribution in [3.05, 3.63) is 0 Å². The molecule has 0 saturated carbocycles. The molecule has 0 aliphatic heterocycles. The molecule has 11 heavy (non-hydrogen) atoms. The summed E-state index contributed by atoms with van der Waals surface area (Å²) in [6.07, 6.45) is -0.593. The van der Waals surface area contributed by atoms with Gasteiger partial charge in [0.15, 0.2) is 0 Å². The van der Waals surface area contributed by atoms with Gasteiger partial charge in [-0.1, -0.05) is 0 Å². The van der Waals surface area contributed by atoms with Gasteiger partial charge in [-0.05, 0) is 0 Å². The van der Waals surface area contributed by atoms with Gasteiger partial charge in [-0.25, -0.2) is 0 Å². The molecule has 0 rings (SSSR count). The van der Waals surface area contributed by atoms with Gasteiger partial charge in [0.05, 0.1) is 12.8 Å². The van der Waals surface area contributed by atoms with E-state index in [4.69, 9.17) is 10.2 Å². The van der Waals surface area contributed by atoms with Crippen molar-refractivity contribution in [1.29, 1.82) is 0 Å². The maximum absolute atomic E-state index is 9.64. The second kappa shape index (κ2) is 9.94. The predicted molar refractivity (Wildman–Crippen MR) is 40.7 cm³/mol. The minimum Gasteiger partial charge on any atom is -0.481 e. The van der Waals surface area contributed by atoms with E-state index in [2.05, 4.69) is 6.92 Å². The molecule has 0 spiro atoms. The maximum atomic E-state index is 9.64. The third-order valence-electron chi connectivity index (χ3n) is 0.553. The Morgan fingerprint density at radius 2 is 1.36 bits per heavy atom. The van der Waals surface area contributed by atoms with E-state index in [9.17, 15) is 9.59 Å². The second-order valence-corrected chi connectivity index (χ2v) is 3.41. The van der Waals surface area contributed by atoms with Gasteiger partial charge in [0, 0.05) is 0 Å². The van der Waals surface area contributed by atoms with Crippen molar-refractivity contribution in [2.24, 2.45) is 0 Å². The molecule has 5 heteroatoms. The Balaban J connectivity index is 0. The Kier molecular flexibility index (Phi) is 12.2. The molecule has 2 N–H and O–H groups in total. The second-order valence-electron chi connectivity index (χ2n) is 1.99. The van der Waals surface area contributed by atoms with Crippen LogP contribution in [0.3, 0.4) is 0 Å². The summed E-state index contributed by atoms with van der Waals surface area (Å²) < 4.78 is 1.39. The van der Waals surface area contributed by atoms with E-state index in [1.807, 2.05) is 0 Å². The van der Waals surface area contributed by atoms with Crippen LogP contribution in [0.25, 0.3) is 0 Å². The number of hydrogen-bond donors (Lipinski definition) is 2. The van der Waals surface area contributed by atoms with E-state index in [1.54, 1.807) is 0 Å². The van der Waals surface area contributed by atoms with Gasteiger partial charge in [-0.3, -0.25) is 9.59 Å². The van der Waals surface area contributed by atoms with Crippen molar-refractivity contribution in [1.82, 2.24) is 0 Å². The van der Waals surface area contributed by atoms with Gasteiger partial charge in [0.1, 0.15) is 0 Å². The predicted octanol–water partition coefficient (Wildman–Crippen LogP) is 0.529.